The first-order valence-corrected chi connectivity index (χ1v) is 11.3. The van der Waals surface area contributed by atoms with Gasteiger partial charge in [-0.05, 0) is 76.6 Å². The SMILES string of the molecule is C=C(C)C/C=C\C(=C)N=C(/C=C(\C)CCCN)N(CCC)CC(=CC=CC)C(C)C. The molecule has 0 amide bonds. The van der Waals surface area contributed by atoms with E-state index >= 15 is 0 Å². The quantitative estimate of drug-likeness (QED) is 0.145. The van der Waals surface area contributed by atoms with Gasteiger partial charge in [-0.2, -0.15) is 0 Å². The lowest BCUT2D eigenvalue weighted by Gasteiger charge is -2.27. The van der Waals surface area contributed by atoms with Gasteiger partial charge < -0.3 is 10.6 Å². The average Bonchev–Trinajstić information content (AvgIpc) is 2.67. The molecule has 0 aromatic heterocycles. The molecule has 0 unspecified atom stereocenters. The number of nitrogens with zero attached hydrogens (tertiary/aromatic N) is 2. The summed E-state index contributed by atoms with van der Waals surface area (Å²) in [7, 11) is 0. The van der Waals surface area contributed by atoms with Crippen LogP contribution in [-0.2, 0) is 0 Å². The van der Waals surface area contributed by atoms with E-state index in [0.717, 1.165) is 55.9 Å². The van der Waals surface area contributed by atoms with Gasteiger partial charge in [-0.25, -0.2) is 4.99 Å². The van der Waals surface area contributed by atoms with Crippen molar-refractivity contribution in [1.29, 1.82) is 0 Å². The van der Waals surface area contributed by atoms with E-state index in [-0.39, 0.29) is 0 Å². The van der Waals surface area contributed by atoms with Crippen molar-refractivity contribution in [3.63, 3.8) is 0 Å². The summed E-state index contributed by atoms with van der Waals surface area (Å²) in [6.07, 6.45) is 16.6. The minimum Gasteiger partial charge on any atom is -0.353 e. The minimum atomic E-state index is 0.475. The molecule has 0 bridgehead atoms. The zero-order valence-corrected chi connectivity index (χ0v) is 20.4. The molecule has 0 saturated heterocycles. The Morgan fingerprint density at radius 3 is 2.43 bits per heavy atom. The summed E-state index contributed by atoms with van der Waals surface area (Å²) in [5.41, 5.74) is 10.3. The van der Waals surface area contributed by atoms with Crippen molar-refractivity contribution in [3.05, 3.63) is 72.0 Å². The fourth-order valence-electron chi connectivity index (χ4n) is 2.86. The Kier molecular flexibility index (Phi) is 15.5. The molecule has 0 saturated carbocycles. The van der Waals surface area contributed by atoms with E-state index in [0.29, 0.717) is 12.5 Å². The molecule has 3 nitrogen and oxygen atoms in total. The smallest absolute Gasteiger partial charge is 0.129 e. The Balaban J connectivity index is 5.97. The Labute approximate surface area is 186 Å². The van der Waals surface area contributed by atoms with Crippen LogP contribution in [0.2, 0.25) is 0 Å². The van der Waals surface area contributed by atoms with Gasteiger partial charge in [0.25, 0.3) is 0 Å². The molecule has 0 aliphatic rings. The Bertz CT molecular complexity index is 672. The first-order chi connectivity index (χ1) is 14.2. The monoisotopic (exact) mass is 411 g/mol. The van der Waals surface area contributed by atoms with Crippen molar-refractivity contribution in [2.75, 3.05) is 19.6 Å². The molecule has 0 heterocycles. The summed E-state index contributed by atoms with van der Waals surface area (Å²) in [6, 6.07) is 0. The minimum absolute atomic E-state index is 0.475. The van der Waals surface area contributed by atoms with Gasteiger partial charge in [-0.1, -0.05) is 69.4 Å². The number of hydrogen-bond acceptors (Lipinski definition) is 2. The van der Waals surface area contributed by atoms with Crippen molar-refractivity contribution in [3.8, 4) is 0 Å². The van der Waals surface area contributed by atoms with Gasteiger partial charge in [0.1, 0.15) is 5.84 Å². The molecule has 0 aliphatic carbocycles. The zero-order chi connectivity index (χ0) is 22.9. The van der Waals surface area contributed by atoms with Crippen LogP contribution in [0.1, 0.15) is 67.2 Å². The molecular formula is C27H45N3. The summed E-state index contributed by atoms with van der Waals surface area (Å²) in [4.78, 5) is 7.29. The lowest BCUT2D eigenvalue weighted by Crippen LogP contribution is -2.33. The van der Waals surface area contributed by atoms with Gasteiger partial charge in [0.05, 0.1) is 5.70 Å². The van der Waals surface area contributed by atoms with E-state index in [2.05, 4.69) is 83.1 Å². The summed E-state index contributed by atoms with van der Waals surface area (Å²) in [5.74, 6) is 1.45. The zero-order valence-electron chi connectivity index (χ0n) is 20.4. The third-order valence-electron chi connectivity index (χ3n) is 4.62. The van der Waals surface area contributed by atoms with Gasteiger partial charge in [-0.15, -0.1) is 0 Å². The Morgan fingerprint density at radius 2 is 1.90 bits per heavy atom. The predicted molar refractivity (Wildman–Crippen MR) is 137 cm³/mol. The molecule has 30 heavy (non-hydrogen) atoms. The Morgan fingerprint density at radius 1 is 1.20 bits per heavy atom. The molecule has 0 fully saturated rings. The summed E-state index contributed by atoms with van der Waals surface area (Å²) in [5, 5.41) is 0. The summed E-state index contributed by atoms with van der Waals surface area (Å²) >= 11 is 0. The third kappa shape index (κ3) is 13.2. The van der Waals surface area contributed by atoms with Gasteiger partial charge in [0.2, 0.25) is 0 Å². The predicted octanol–water partition coefficient (Wildman–Crippen LogP) is 6.98. The highest BCUT2D eigenvalue weighted by Gasteiger charge is 2.13. The second kappa shape index (κ2) is 16.6. The lowest BCUT2D eigenvalue weighted by atomic mass is 10.0. The average molecular weight is 412 g/mol. The van der Waals surface area contributed by atoms with E-state index in [9.17, 15) is 0 Å². The number of amidine groups is 1. The van der Waals surface area contributed by atoms with Crippen LogP contribution in [0, 0.1) is 5.92 Å². The van der Waals surface area contributed by atoms with Gasteiger partial charge in [-0.3, -0.25) is 0 Å². The molecule has 2 N–H and O–H groups in total. The van der Waals surface area contributed by atoms with Crippen LogP contribution in [0.5, 0.6) is 0 Å². The Hall–Kier alpha value is -2.13. The van der Waals surface area contributed by atoms with Crippen LogP contribution < -0.4 is 5.73 Å². The topological polar surface area (TPSA) is 41.6 Å². The van der Waals surface area contributed by atoms with Crippen molar-refractivity contribution in [2.45, 2.75) is 67.2 Å². The molecule has 0 rings (SSSR count). The van der Waals surface area contributed by atoms with Gasteiger partial charge in [0.15, 0.2) is 0 Å². The standard InChI is InChI=1S/C27H45N3/c1-9-11-17-26(23(5)6)21-30(19-10-2)27(20-24(7)15-13-18-28)29-25(8)16-12-14-22(3)4/h9,11-12,16-17,20,23H,3,8,10,13-15,18-19,21,28H2,1-2,4-7H3/b11-9?,16-12-,24-20+,26-17?,29-27?. The third-order valence-corrected chi connectivity index (χ3v) is 4.62. The van der Waals surface area contributed by atoms with Crippen LogP contribution in [0.15, 0.2) is 77.0 Å². The van der Waals surface area contributed by atoms with E-state index in [1.807, 2.05) is 13.0 Å². The fraction of sp³-hybridized carbons (Fsp3) is 0.519. The highest BCUT2D eigenvalue weighted by atomic mass is 15.2. The van der Waals surface area contributed by atoms with Crippen molar-refractivity contribution >= 4 is 5.84 Å². The largest absolute Gasteiger partial charge is 0.353 e. The first-order valence-electron chi connectivity index (χ1n) is 11.3. The molecule has 0 aromatic rings. The number of rotatable bonds is 14. The highest BCUT2D eigenvalue weighted by Crippen LogP contribution is 2.16. The van der Waals surface area contributed by atoms with Gasteiger partial charge in [0, 0.05) is 13.1 Å². The fourth-order valence-corrected chi connectivity index (χ4v) is 2.86. The van der Waals surface area contributed by atoms with Gasteiger partial charge >= 0.3 is 0 Å². The molecule has 168 valence electrons. The maximum atomic E-state index is 5.71. The molecule has 0 atom stereocenters. The van der Waals surface area contributed by atoms with E-state index in [4.69, 9.17) is 10.7 Å². The van der Waals surface area contributed by atoms with E-state index in [1.165, 1.54) is 11.1 Å². The second-order valence-electron chi connectivity index (χ2n) is 8.25. The van der Waals surface area contributed by atoms with E-state index < -0.39 is 0 Å². The van der Waals surface area contributed by atoms with Crippen LogP contribution in [0.3, 0.4) is 0 Å². The highest BCUT2D eigenvalue weighted by molar-refractivity contribution is 5.94. The second-order valence-corrected chi connectivity index (χ2v) is 8.25. The van der Waals surface area contributed by atoms with Crippen molar-refractivity contribution in [2.24, 2.45) is 16.6 Å². The number of aliphatic imine (C=N–C) groups is 1. The number of allylic oxidation sites excluding steroid dienone is 7. The molecular weight excluding hydrogens is 366 g/mol. The number of nitrogens with two attached hydrogens (primary N) is 1. The first kappa shape index (κ1) is 27.9. The molecule has 0 spiro atoms. The van der Waals surface area contributed by atoms with E-state index in [1.54, 1.807) is 0 Å². The van der Waals surface area contributed by atoms with Crippen LogP contribution >= 0.6 is 0 Å². The maximum absolute atomic E-state index is 5.71. The molecule has 0 aromatic carbocycles. The maximum Gasteiger partial charge on any atom is 0.129 e. The van der Waals surface area contributed by atoms with Crippen molar-refractivity contribution < 1.29 is 0 Å². The number of hydrogen-bond donors (Lipinski definition) is 1. The van der Waals surface area contributed by atoms with Crippen molar-refractivity contribution in [1.82, 2.24) is 4.90 Å². The molecule has 0 radical (unpaired) electrons. The molecule has 3 heteroatoms. The normalized spacial score (nSPS) is 13.7. The van der Waals surface area contributed by atoms with Crippen LogP contribution in [-0.4, -0.2) is 30.4 Å². The summed E-state index contributed by atoms with van der Waals surface area (Å²) < 4.78 is 0. The van der Waals surface area contributed by atoms with Crippen LogP contribution in [0.4, 0.5) is 0 Å². The van der Waals surface area contributed by atoms with Crippen LogP contribution in [0.25, 0.3) is 0 Å². The summed E-state index contributed by atoms with van der Waals surface area (Å²) in [6.45, 7) is 23.6. The lowest BCUT2D eigenvalue weighted by molar-refractivity contribution is 0.436. The molecule has 0 aliphatic heterocycles.